The number of hydrogen-bond acceptors (Lipinski definition) is 5. The maximum absolute atomic E-state index is 12.0. The summed E-state index contributed by atoms with van der Waals surface area (Å²) >= 11 is 0. The first-order valence-corrected chi connectivity index (χ1v) is 6.63. The lowest BCUT2D eigenvalue weighted by Crippen LogP contribution is -2.16. The van der Waals surface area contributed by atoms with Crippen LogP contribution in [0.3, 0.4) is 0 Å². The summed E-state index contributed by atoms with van der Waals surface area (Å²) in [5.74, 6) is 0.427. The molecule has 0 fully saturated rings. The summed E-state index contributed by atoms with van der Waals surface area (Å²) in [5.41, 5.74) is 6.62. The molecular weight excluding hydrogens is 280 g/mol. The lowest BCUT2D eigenvalue weighted by Gasteiger charge is -2.14. The van der Waals surface area contributed by atoms with Crippen molar-refractivity contribution in [2.75, 3.05) is 12.3 Å². The third-order valence-electron chi connectivity index (χ3n) is 3.17. The molecule has 6 heteroatoms. The van der Waals surface area contributed by atoms with E-state index in [1.807, 2.05) is 32.1 Å². The third kappa shape index (κ3) is 2.50. The van der Waals surface area contributed by atoms with Crippen molar-refractivity contribution >= 4 is 5.82 Å². The number of pyridine rings is 1. The number of rotatable bonds is 3. The standard InChI is InChI=1S/C16H14N4O2/c1-3-22-13-5-4-9(2)6-10(13)14-11(7-17)15(19)20-16(21)12(14)8-18/h4-6H,3H2,1-2H3,(H3,19,20,21). The number of aryl methyl sites for hydroxylation is 1. The number of benzene rings is 1. The molecule has 2 aromatic rings. The lowest BCUT2D eigenvalue weighted by atomic mass is 9.94. The van der Waals surface area contributed by atoms with Crippen LogP contribution < -0.4 is 16.0 Å². The van der Waals surface area contributed by atoms with Crippen molar-refractivity contribution in [2.45, 2.75) is 13.8 Å². The van der Waals surface area contributed by atoms with Gasteiger partial charge in [-0.25, -0.2) is 0 Å². The fourth-order valence-corrected chi connectivity index (χ4v) is 2.23. The minimum absolute atomic E-state index is 0.0581. The van der Waals surface area contributed by atoms with Crippen LogP contribution in [0.4, 0.5) is 5.82 Å². The SMILES string of the molecule is CCOc1ccc(C)cc1-c1c(C#N)c(N)[nH]c(=O)c1C#N. The molecule has 6 nitrogen and oxygen atoms in total. The van der Waals surface area contributed by atoms with Crippen molar-refractivity contribution in [3.8, 4) is 29.0 Å². The molecule has 0 spiro atoms. The zero-order valence-electron chi connectivity index (χ0n) is 12.2. The van der Waals surface area contributed by atoms with Crippen molar-refractivity contribution in [3.63, 3.8) is 0 Å². The smallest absolute Gasteiger partial charge is 0.268 e. The van der Waals surface area contributed by atoms with E-state index in [0.717, 1.165) is 5.56 Å². The summed E-state index contributed by atoms with van der Waals surface area (Å²) in [6.45, 7) is 4.11. The first-order valence-electron chi connectivity index (χ1n) is 6.63. The average Bonchev–Trinajstić information content (AvgIpc) is 2.48. The van der Waals surface area contributed by atoms with E-state index in [4.69, 9.17) is 10.5 Å². The number of aromatic nitrogens is 1. The van der Waals surface area contributed by atoms with Crippen LogP contribution >= 0.6 is 0 Å². The molecule has 0 bridgehead atoms. The van der Waals surface area contributed by atoms with E-state index in [1.165, 1.54) is 0 Å². The summed E-state index contributed by atoms with van der Waals surface area (Å²) in [6.07, 6.45) is 0. The second-order valence-electron chi connectivity index (χ2n) is 4.65. The van der Waals surface area contributed by atoms with E-state index >= 15 is 0 Å². The normalized spacial score (nSPS) is 9.82. The van der Waals surface area contributed by atoms with Gasteiger partial charge in [-0.15, -0.1) is 0 Å². The first-order chi connectivity index (χ1) is 10.5. The Labute approximate surface area is 127 Å². The summed E-state index contributed by atoms with van der Waals surface area (Å²) in [7, 11) is 0. The van der Waals surface area contributed by atoms with Crippen LogP contribution in [-0.4, -0.2) is 11.6 Å². The number of H-pyrrole nitrogens is 1. The second-order valence-corrected chi connectivity index (χ2v) is 4.65. The van der Waals surface area contributed by atoms with Crippen molar-refractivity contribution in [1.82, 2.24) is 4.98 Å². The molecule has 0 atom stereocenters. The molecule has 0 unspecified atom stereocenters. The van der Waals surface area contributed by atoms with Crippen LogP contribution in [0.1, 0.15) is 23.6 Å². The van der Waals surface area contributed by atoms with Gasteiger partial charge in [-0.1, -0.05) is 11.6 Å². The predicted octanol–water partition coefficient (Wildman–Crippen LogP) is 2.07. The van der Waals surface area contributed by atoms with Gasteiger partial charge in [0.05, 0.1) is 6.61 Å². The molecule has 22 heavy (non-hydrogen) atoms. The number of nitrogens with one attached hydrogen (secondary N) is 1. The molecule has 0 saturated carbocycles. The van der Waals surface area contributed by atoms with Crippen LogP contribution in [0.15, 0.2) is 23.0 Å². The Bertz CT molecular complexity index is 869. The number of nitrogens with two attached hydrogens (primary N) is 1. The van der Waals surface area contributed by atoms with Crippen molar-refractivity contribution in [3.05, 3.63) is 45.2 Å². The van der Waals surface area contributed by atoms with E-state index in [-0.39, 0.29) is 22.5 Å². The van der Waals surface area contributed by atoms with Crippen molar-refractivity contribution < 1.29 is 4.74 Å². The number of nitrogens with zero attached hydrogens (tertiary/aromatic N) is 2. The Balaban J connectivity index is 2.95. The van der Waals surface area contributed by atoms with Crippen LogP contribution in [-0.2, 0) is 0 Å². The molecule has 1 aromatic heterocycles. The highest BCUT2D eigenvalue weighted by Crippen LogP contribution is 2.35. The molecule has 3 N–H and O–H groups in total. The Morgan fingerprint density at radius 3 is 2.55 bits per heavy atom. The average molecular weight is 294 g/mol. The van der Waals surface area contributed by atoms with Crippen molar-refractivity contribution in [2.24, 2.45) is 0 Å². The van der Waals surface area contributed by atoms with Gasteiger partial charge < -0.3 is 15.5 Å². The number of anilines is 1. The zero-order valence-corrected chi connectivity index (χ0v) is 12.2. The molecular formula is C16H14N4O2. The van der Waals surface area contributed by atoms with E-state index in [9.17, 15) is 15.3 Å². The number of hydrogen-bond donors (Lipinski definition) is 2. The van der Waals surface area contributed by atoms with Gasteiger partial charge in [0.25, 0.3) is 5.56 Å². The molecule has 1 heterocycles. The maximum atomic E-state index is 12.0. The molecule has 0 aliphatic carbocycles. The van der Waals surface area contributed by atoms with E-state index < -0.39 is 5.56 Å². The fraction of sp³-hybridized carbons (Fsp3) is 0.188. The van der Waals surface area contributed by atoms with Gasteiger partial charge in [0.15, 0.2) is 0 Å². The van der Waals surface area contributed by atoms with Gasteiger partial charge in [-0.2, -0.15) is 10.5 Å². The van der Waals surface area contributed by atoms with E-state index in [1.54, 1.807) is 12.1 Å². The van der Waals surface area contributed by atoms with Crippen LogP contribution in [0.25, 0.3) is 11.1 Å². The summed E-state index contributed by atoms with van der Waals surface area (Å²) in [5, 5.41) is 18.7. The second kappa shape index (κ2) is 6.02. The molecule has 1 aromatic carbocycles. The Kier molecular flexibility index (Phi) is 4.15. The highest BCUT2D eigenvalue weighted by molar-refractivity contribution is 5.83. The van der Waals surface area contributed by atoms with Gasteiger partial charge in [-0.05, 0) is 26.0 Å². The van der Waals surface area contributed by atoms with Crippen LogP contribution in [0, 0.1) is 29.6 Å². The Hall–Kier alpha value is -3.25. The van der Waals surface area contributed by atoms with E-state index in [0.29, 0.717) is 17.9 Å². The minimum Gasteiger partial charge on any atom is -0.493 e. The van der Waals surface area contributed by atoms with Gasteiger partial charge in [-0.3, -0.25) is 4.79 Å². The number of aromatic amines is 1. The van der Waals surface area contributed by atoms with Gasteiger partial charge >= 0.3 is 0 Å². The molecule has 110 valence electrons. The van der Waals surface area contributed by atoms with Crippen molar-refractivity contribution in [1.29, 1.82) is 10.5 Å². The molecule has 0 saturated heterocycles. The highest BCUT2D eigenvalue weighted by Gasteiger charge is 2.21. The van der Waals surface area contributed by atoms with Gasteiger partial charge in [0.2, 0.25) is 0 Å². The maximum Gasteiger partial charge on any atom is 0.268 e. The topological polar surface area (TPSA) is 116 Å². The first kappa shape index (κ1) is 15.1. The number of nitriles is 2. The Morgan fingerprint density at radius 1 is 1.27 bits per heavy atom. The predicted molar refractivity (Wildman–Crippen MR) is 82.2 cm³/mol. The number of nitrogen functional groups attached to an aromatic ring is 1. The third-order valence-corrected chi connectivity index (χ3v) is 3.17. The van der Waals surface area contributed by atoms with Gasteiger partial charge in [0.1, 0.15) is 34.8 Å². The summed E-state index contributed by atoms with van der Waals surface area (Å²) < 4.78 is 5.55. The molecule has 0 radical (unpaired) electrons. The lowest BCUT2D eigenvalue weighted by molar-refractivity contribution is 0.341. The van der Waals surface area contributed by atoms with Crippen LogP contribution in [0.5, 0.6) is 5.75 Å². The summed E-state index contributed by atoms with van der Waals surface area (Å²) in [4.78, 5) is 14.3. The molecule has 2 rings (SSSR count). The fourth-order valence-electron chi connectivity index (χ4n) is 2.23. The van der Waals surface area contributed by atoms with E-state index in [2.05, 4.69) is 4.98 Å². The molecule has 0 aliphatic heterocycles. The minimum atomic E-state index is -0.627. The Morgan fingerprint density at radius 2 is 1.95 bits per heavy atom. The molecule has 0 amide bonds. The quantitative estimate of drug-likeness (QED) is 0.899. The van der Waals surface area contributed by atoms with Crippen LogP contribution in [0.2, 0.25) is 0 Å². The number of ether oxygens (including phenoxy) is 1. The molecule has 0 aliphatic rings. The van der Waals surface area contributed by atoms with Gasteiger partial charge in [0, 0.05) is 11.1 Å². The monoisotopic (exact) mass is 294 g/mol. The largest absolute Gasteiger partial charge is 0.493 e. The highest BCUT2D eigenvalue weighted by atomic mass is 16.5. The summed E-state index contributed by atoms with van der Waals surface area (Å²) in [6, 6.07) is 9.16. The zero-order chi connectivity index (χ0) is 16.3.